The minimum absolute atomic E-state index is 0.619. The van der Waals surface area contributed by atoms with E-state index in [2.05, 4.69) is 60.8 Å². The molecule has 0 aliphatic heterocycles. The van der Waals surface area contributed by atoms with Crippen molar-refractivity contribution in [2.75, 3.05) is 19.7 Å². The van der Waals surface area contributed by atoms with Crippen molar-refractivity contribution in [3.63, 3.8) is 0 Å². The van der Waals surface area contributed by atoms with Crippen LogP contribution in [-0.4, -0.2) is 19.7 Å². The van der Waals surface area contributed by atoms with Crippen molar-refractivity contribution in [2.45, 2.75) is 45.1 Å². The van der Waals surface area contributed by atoms with Crippen LogP contribution < -0.4 is 14.8 Å². The van der Waals surface area contributed by atoms with Gasteiger partial charge in [-0.15, -0.1) is 0 Å². The van der Waals surface area contributed by atoms with Gasteiger partial charge in [0.2, 0.25) is 0 Å². The minimum atomic E-state index is 0.619. The van der Waals surface area contributed by atoms with Gasteiger partial charge in [-0.3, -0.25) is 0 Å². The largest absolute Gasteiger partial charge is 0.492 e. The summed E-state index contributed by atoms with van der Waals surface area (Å²) in [7, 11) is 0. The second-order valence-corrected chi connectivity index (χ2v) is 8.93. The van der Waals surface area contributed by atoms with Crippen molar-refractivity contribution < 1.29 is 9.47 Å². The van der Waals surface area contributed by atoms with Gasteiger partial charge < -0.3 is 14.8 Å². The molecule has 0 aromatic heterocycles. The zero-order valence-electron chi connectivity index (χ0n) is 19.1. The second kappa shape index (κ2) is 11.7. The smallest absolute Gasteiger partial charge is 0.119 e. The van der Waals surface area contributed by atoms with Crippen LogP contribution in [0.25, 0.3) is 0 Å². The Bertz CT molecular complexity index is 931. The molecule has 0 spiro atoms. The third-order valence-corrected chi connectivity index (χ3v) is 6.42. The molecule has 0 heterocycles. The van der Waals surface area contributed by atoms with E-state index < -0.39 is 0 Å². The lowest BCUT2D eigenvalue weighted by molar-refractivity contribution is 0.285. The number of hydrogen-bond acceptors (Lipinski definition) is 3. The van der Waals surface area contributed by atoms with Crippen LogP contribution in [0.3, 0.4) is 0 Å². The maximum Gasteiger partial charge on any atom is 0.119 e. The fourth-order valence-electron chi connectivity index (χ4n) is 4.53. The SMILES string of the molecule is Cc1cccc(OCCNCC2CCC(c3ccc(OCc4ccccc4)cc3)CC2)c1. The molecule has 3 aromatic rings. The molecule has 0 unspecified atom stereocenters. The molecule has 32 heavy (non-hydrogen) atoms. The first-order chi connectivity index (χ1) is 15.8. The van der Waals surface area contributed by atoms with E-state index in [1.165, 1.54) is 42.4 Å². The van der Waals surface area contributed by atoms with Gasteiger partial charge in [0.1, 0.15) is 24.7 Å². The first-order valence-corrected chi connectivity index (χ1v) is 11.9. The lowest BCUT2D eigenvalue weighted by Crippen LogP contribution is -2.29. The summed E-state index contributed by atoms with van der Waals surface area (Å²) in [5, 5.41) is 3.59. The number of rotatable bonds is 10. The van der Waals surface area contributed by atoms with Crippen LogP contribution in [0.1, 0.15) is 48.3 Å². The van der Waals surface area contributed by atoms with Crippen molar-refractivity contribution in [1.29, 1.82) is 0 Å². The fraction of sp³-hybridized carbons (Fsp3) is 0.379. The van der Waals surface area contributed by atoms with Crippen LogP contribution in [0.5, 0.6) is 11.5 Å². The Morgan fingerprint density at radius 2 is 1.56 bits per heavy atom. The summed E-state index contributed by atoms with van der Waals surface area (Å²) >= 11 is 0. The molecule has 1 saturated carbocycles. The summed E-state index contributed by atoms with van der Waals surface area (Å²) in [6.07, 6.45) is 5.14. The van der Waals surface area contributed by atoms with Crippen LogP contribution >= 0.6 is 0 Å². The number of aryl methyl sites for hydroxylation is 1. The normalized spacial score (nSPS) is 18.3. The Morgan fingerprint density at radius 1 is 0.781 bits per heavy atom. The molecule has 1 fully saturated rings. The summed E-state index contributed by atoms with van der Waals surface area (Å²) in [6, 6.07) is 27.3. The minimum Gasteiger partial charge on any atom is -0.492 e. The van der Waals surface area contributed by atoms with Crippen molar-refractivity contribution in [2.24, 2.45) is 5.92 Å². The molecule has 0 radical (unpaired) electrons. The van der Waals surface area contributed by atoms with Crippen LogP contribution in [0, 0.1) is 12.8 Å². The average molecular weight is 430 g/mol. The van der Waals surface area contributed by atoms with Gasteiger partial charge >= 0.3 is 0 Å². The third-order valence-electron chi connectivity index (χ3n) is 6.42. The molecule has 0 bridgehead atoms. The van der Waals surface area contributed by atoms with Crippen LogP contribution in [-0.2, 0) is 6.61 Å². The van der Waals surface area contributed by atoms with Crippen LogP contribution in [0.2, 0.25) is 0 Å². The van der Waals surface area contributed by atoms with Gasteiger partial charge in [0, 0.05) is 6.54 Å². The number of benzene rings is 3. The molecule has 1 aliphatic carbocycles. The van der Waals surface area contributed by atoms with E-state index >= 15 is 0 Å². The van der Waals surface area contributed by atoms with Crippen molar-refractivity contribution in [3.05, 3.63) is 95.6 Å². The molecule has 0 saturated heterocycles. The zero-order chi connectivity index (χ0) is 22.0. The van der Waals surface area contributed by atoms with E-state index in [-0.39, 0.29) is 0 Å². The Balaban J connectivity index is 1.12. The molecule has 1 aliphatic rings. The van der Waals surface area contributed by atoms with Gasteiger partial charge in [0.15, 0.2) is 0 Å². The predicted molar refractivity (Wildman–Crippen MR) is 131 cm³/mol. The van der Waals surface area contributed by atoms with E-state index in [4.69, 9.17) is 9.47 Å². The highest BCUT2D eigenvalue weighted by Gasteiger charge is 2.22. The van der Waals surface area contributed by atoms with E-state index in [1.54, 1.807) is 0 Å². The highest BCUT2D eigenvalue weighted by Crippen LogP contribution is 2.36. The lowest BCUT2D eigenvalue weighted by Gasteiger charge is -2.29. The Labute approximate surface area is 192 Å². The maximum absolute atomic E-state index is 5.93. The third kappa shape index (κ3) is 6.86. The summed E-state index contributed by atoms with van der Waals surface area (Å²) in [4.78, 5) is 0. The molecule has 0 atom stereocenters. The summed E-state index contributed by atoms with van der Waals surface area (Å²) in [5.74, 6) is 3.37. The van der Waals surface area contributed by atoms with Gasteiger partial charge in [-0.25, -0.2) is 0 Å². The van der Waals surface area contributed by atoms with Gasteiger partial charge in [0.25, 0.3) is 0 Å². The monoisotopic (exact) mass is 429 g/mol. The number of nitrogens with one attached hydrogen (secondary N) is 1. The Kier molecular flexibility index (Phi) is 8.22. The molecular formula is C29H35NO2. The molecule has 3 aromatic carbocycles. The highest BCUT2D eigenvalue weighted by atomic mass is 16.5. The summed E-state index contributed by atoms with van der Waals surface area (Å²) < 4.78 is 11.8. The number of ether oxygens (including phenoxy) is 2. The first kappa shape index (κ1) is 22.4. The summed E-state index contributed by atoms with van der Waals surface area (Å²) in [5.41, 5.74) is 3.89. The van der Waals surface area contributed by atoms with Crippen LogP contribution in [0.15, 0.2) is 78.9 Å². The van der Waals surface area contributed by atoms with Gasteiger partial charge in [-0.05, 0) is 91.9 Å². The Morgan fingerprint density at radius 3 is 2.31 bits per heavy atom. The lowest BCUT2D eigenvalue weighted by atomic mass is 9.78. The molecule has 1 N–H and O–H groups in total. The highest BCUT2D eigenvalue weighted by molar-refractivity contribution is 5.30. The predicted octanol–water partition coefficient (Wildman–Crippen LogP) is 6.52. The van der Waals surface area contributed by atoms with Crippen molar-refractivity contribution in [3.8, 4) is 11.5 Å². The molecule has 3 heteroatoms. The molecule has 3 nitrogen and oxygen atoms in total. The fourth-order valence-corrected chi connectivity index (χ4v) is 4.53. The average Bonchev–Trinajstić information content (AvgIpc) is 2.84. The summed E-state index contributed by atoms with van der Waals surface area (Å²) in [6.45, 7) is 5.43. The van der Waals surface area contributed by atoms with E-state index in [1.807, 2.05) is 30.3 Å². The standard InChI is InChI=1S/C29H35NO2/c1-23-6-5-9-29(20-23)31-19-18-30-21-24-10-12-26(13-11-24)27-14-16-28(17-15-27)32-22-25-7-3-2-4-8-25/h2-9,14-17,20,24,26,30H,10-13,18-19,21-22H2,1H3. The van der Waals surface area contributed by atoms with E-state index in [0.717, 1.165) is 37.1 Å². The molecular weight excluding hydrogens is 394 g/mol. The number of hydrogen-bond donors (Lipinski definition) is 1. The zero-order valence-corrected chi connectivity index (χ0v) is 19.1. The van der Waals surface area contributed by atoms with Crippen LogP contribution in [0.4, 0.5) is 0 Å². The maximum atomic E-state index is 5.93. The molecule has 168 valence electrons. The van der Waals surface area contributed by atoms with Gasteiger partial charge in [-0.2, -0.15) is 0 Å². The van der Waals surface area contributed by atoms with Gasteiger partial charge in [0.05, 0.1) is 0 Å². The van der Waals surface area contributed by atoms with Gasteiger partial charge in [-0.1, -0.05) is 54.6 Å². The Hall–Kier alpha value is -2.78. The molecule has 0 amide bonds. The molecule has 4 rings (SSSR count). The second-order valence-electron chi connectivity index (χ2n) is 8.93. The first-order valence-electron chi connectivity index (χ1n) is 11.9. The van der Waals surface area contributed by atoms with E-state index in [9.17, 15) is 0 Å². The topological polar surface area (TPSA) is 30.5 Å². The van der Waals surface area contributed by atoms with E-state index in [0.29, 0.717) is 12.5 Å². The van der Waals surface area contributed by atoms with Crippen molar-refractivity contribution in [1.82, 2.24) is 5.32 Å². The van der Waals surface area contributed by atoms with Crippen molar-refractivity contribution >= 4 is 0 Å². The quantitative estimate of drug-likeness (QED) is 0.372.